The average molecular weight is 919 g/mol. The minimum atomic E-state index is -0.409. The van der Waals surface area contributed by atoms with Gasteiger partial charge < -0.3 is 15.2 Å². The first-order valence-electron chi connectivity index (χ1n) is 22.6. The number of carbonyl (C=O) groups excluding carboxylic acids is 2. The molecule has 2 N–H and O–H groups in total. The lowest BCUT2D eigenvalue weighted by Gasteiger charge is -2.36. The van der Waals surface area contributed by atoms with Crippen molar-refractivity contribution in [2.45, 2.75) is 90.3 Å². The van der Waals surface area contributed by atoms with Crippen LogP contribution in [-0.4, -0.2) is 54.3 Å². The number of ether oxygens (including phenoxy) is 1. The largest absolute Gasteiger partial charge is 0.508 e. The van der Waals surface area contributed by atoms with Crippen molar-refractivity contribution >= 4 is 24.0 Å². The van der Waals surface area contributed by atoms with E-state index in [0.29, 0.717) is 57.3 Å². The van der Waals surface area contributed by atoms with Gasteiger partial charge in [0.2, 0.25) is 5.91 Å². The van der Waals surface area contributed by atoms with Crippen LogP contribution >= 0.6 is 11.6 Å². The predicted molar refractivity (Wildman–Crippen MR) is 263 cm³/mol. The maximum atomic E-state index is 13.1. The molecule has 0 spiro atoms. The fourth-order valence-electron chi connectivity index (χ4n) is 8.29. The van der Waals surface area contributed by atoms with Gasteiger partial charge in [-0.2, -0.15) is 0 Å². The zero-order chi connectivity index (χ0) is 47.1. The molecule has 1 saturated carbocycles. The molecule has 1 fully saturated rings. The second-order valence-corrected chi connectivity index (χ2v) is 17.2. The number of aromatic nitrogens is 4. The van der Waals surface area contributed by atoms with Crippen LogP contribution in [0, 0.1) is 6.92 Å². The Morgan fingerprint density at radius 3 is 1.45 bits per heavy atom. The molecule has 4 heterocycles. The molecule has 0 atom stereocenters. The van der Waals surface area contributed by atoms with Crippen molar-refractivity contribution in [1.82, 2.24) is 35.1 Å². The van der Waals surface area contributed by atoms with Crippen LogP contribution in [0.2, 0.25) is 5.02 Å². The quantitative estimate of drug-likeness (QED) is 0.0851. The molecule has 12 heteroatoms. The van der Waals surface area contributed by atoms with Gasteiger partial charge >= 0.3 is 0 Å². The van der Waals surface area contributed by atoms with Crippen LogP contribution in [0.15, 0.2) is 164 Å². The summed E-state index contributed by atoms with van der Waals surface area (Å²) >= 11 is 6.03. The third kappa shape index (κ3) is 16.2. The van der Waals surface area contributed by atoms with Crippen LogP contribution in [0.4, 0.5) is 0 Å². The maximum absolute atomic E-state index is 13.1. The van der Waals surface area contributed by atoms with Crippen LogP contribution in [0.1, 0.15) is 82.7 Å². The number of rotatable bonds is 17. The summed E-state index contributed by atoms with van der Waals surface area (Å²) in [6, 6.07) is 45.8. The second kappa shape index (κ2) is 26.4. The lowest BCUT2D eigenvalue weighted by atomic mass is 9.68. The molecule has 11 nitrogen and oxygen atoms in total. The van der Waals surface area contributed by atoms with Crippen molar-refractivity contribution < 1.29 is 19.4 Å². The van der Waals surface area contributed by atoms with Crippen molar-refractivity contribution in [2.24, 2.45) is 0 Å². The van der Waals surface area contributed by atoms with Crippen LogP contribution in [-0.2, 0) is 65.6 Å². The number of phenolic OH excluding ortho intramolecular Hbond substituents is 1. The van der Waals surface area contributed by atoms with E-state index in [1.54, 1.807) is 0 Å². The number of methoxy groups -OCH3 is 1. The minimum Gasteiger partial charge on any atom is -0.508 e. The van der Waals surface area contributed by atoms with Gasteiger partial charge in [0.15, 0.2) is 0 Å². The molecule has 0 saturated heterocycles. The summed E-state index contributed by atoms with van der Waals surface area (Å²) < 4.78 is 3.86. The number of aromatic hydroxyl groups is 1. The molecular formula is C55H60ClN7O4. The van der Waals surface area contributed by atoms with Crippen LogP contribution in [0.5, 0.6) is 5.75 Å². The molecule has 1 aliphatic rings. The molecule has 0 unspecified atom stereocenters. The highest BCUT2D eigenvalue weighted by atomic mass is 35.5. The van der Waals surface area contributed by atoms with Crippen molar-refractivity contribution in [3.05, 3.63) is 220 Å². The summed E-state index contributed by atoms with van der Waals surface area (Å²) in [4.78, 5) is 44.7. The van der Waals surface area contributed by atoms with E-state index in [1.165, 1.54) is 19.1 Å². The molecule has 3 aromatic carbocycles. The fraction of sp³-hybridized carbons (Fsp3) is 0.273. The predicted octanol–water partition coefficient (Wildman–Crippen LogP) is 10.3. The highest BCUT2D eigenvalue weighted by Gasteiger charge is 2.40. The molecule has 4 aromatic heterocycles. The van der Waals surface area contributed by atoms with E-state index >= 15 is 0 Å². The van der Waals surface area contributed by atoms with E-state index in [-0.39, 0.29) is 11.7 Å². The first-order chi connectivity index (χ1) is 32.7. The van der Waals surface area contributed by atoms with Gasteiger partial charge in [0.05, 0.1) is 35.3 Å². The number of amides is 1. The molecule has 67 heavy (non-hydrogen) atoms. The van der Waals surface area contributed by atoms with Crippen LogP contribution in [0.25, 0.3) is 0 Å². The Balaban J connectivity index is 0.000000225. The van der Waals surface area contributed by atoms with E-state index in [4.69, 9.17) is 16.4 Å². The third-order valence-electron chi connectivity index (χ3n) is 11.5. The Bertz CT molecular complexity index is 2320. The van der Waals surface area contributed by atoms with Gasteiger partial charge in [-0.15, -0.1) is 0 Å². The zero-order valence-corrected chi connectivity index (χ0v) is 39.1. The molecule has 1 amide bonds. The number of halogens is 1. The van der Waals surface area contributed by atoms with Gasteiger partial charge in [-0.25, -0.2) is 0 Å². The number of nitrogens with zero attached hydrogens (tertiary/aromatic N) is 6. The van der Waals surface area contributed by atoms with E-state index < -0.39 is 5.41 Å². The monoisotopic (exact) mass is 917 g/mol. The van der Waals surface area contributed by atoms with Gasteiger partial charge in [-0.3, -0.25) is 39.3 Å². The second-order valence-electron chi connectivity index (χ2n) is 16.7. The number of carbonyl (C=O) groups is 2. The van der Waals surface area contributed by atoms with Gasteiger partial charge in [-0.05, 0) is 115 Å². The molecule has 0 radical (unpaired) electrons. The van der Waals surface area contributed by atoms with E-state index in [0.717, 1.165) is 70.7 Å². The third-order valence-corrected chi connectivity index (χ3v) is 11.8. The van der Waals surface area contributed by atoms with Crippen LogP contribution in [0.3, 0.4) is 0 Å². The minimum absolute atomic E-state index is 0.144. The number of hydrogen-bond donors (Lipinski definition) is 2. The molecule has 8 rings (SSSR count). The standard InChI is InChI=1S/C32H32N6O.C21H24ClNO.C2H4O2/c39-32-18-26(20-37(22-28-9-1-5-13-33-28)23-29-10-2-6-14-34-29)17-27(19-32)21-38(24-30-11-3-7-15-35-30)25-31-12-4-8-16-36-31;1-16-5-7-17(8-6-16)15-23-20(24)21(13-3-2-4-14-21)18-9-11-19(22)12-10-18;1-4-2-3/h1-19,39H,20-25H2;5-12H,2-4,13-15H2,1H3,(H,23,24);2H,1H3. The lowest BCUT2D eigenvalue weighted by Crippen LogP contribution is -2.45. The smallest absolute Gasteiger partial charge is 0.292 e. The normalized spacial score (nSPS) is 12.8. The Morgan fingerprint density at radius 2 is 1.06 bits per heavy atom. The first-order valence-corrected chi connectivity index (χ1v) is 23.0. The molecular weight excluding hydrogens is 858 g/mol. The Labute approximate surface area is 399 Å². The molecule has 0 bridgehead atoms. The summed E-state index contributed by atoms with van der Waals surface area (Å²) in [6.45, 7) is 7.02. The number of aryl methyl sites for hydroxylation is 1. The Hall–Kier alpha value is -6.79. The molecule has 7 aromatic rings. The topological polar surface area (TPSA) is 134 Å². The number of hydrogen-bond acceptors (Lipinski definition) is 10. The lowest BCUT2D eigenvalue weighted by molar-refractivity contribution is -0.128. The first kappa shape index (κ1) is 49.6. The van der Waals surface area contributed by atoms with E-state index in [9.17, 15) is 9.90 Å². The van der Waals surface area contributed by atoms with Gasteiger partial charge in [0, 0.05) is 75.6 Å². The van der Waals surface area contributed by atoms with Gasteiger partial charge in [-0.1, -0.05) is 103 Å². The summed E-state index contributed by atoms with van der Waals surface area (Å²) in [6.07, 6.45) is 12.5. The number of pyridine rings is 4. The van der Waals surface area contributed by atoms with Crippen LogP contribution < -0.4 is 5.32 Å². The van der Waals surface area contributed by atoms with Crippen molar-refractivity contribution in [3.63, 3.8) is 0 Å². The molecule has 1 aliphatic carbocycles. The SMILES string of the molecule is COC=O.Cc1ccc(CNC(=O)C2(c3ccc(Cl)cc3)CCCCC2)cc1.Oc1cc(CN(Cc2ccccn2)Cc2ccccn2)cc(CN(Cc2ccccn2)Cc2ccccn2)c1. The molecule has 346 valence electrons. The Morgan fingerprint density at radius 1 is 0.627 bits per heavy atom. The summed E-state index contributed by atoms with van der Waals surface area (Å²) in [5.74, 6) is 0.402. The van der Waals surface area contributed by atoms with Crippen molar-refractivity contribution in [1.29, 1.82) is 0 Å². The number of benzene rings is 3. The van der Waals surface area contributed by atoms with E-state index in [2.05, 4.69) is 77.0 Å². The van der Waals surface area contributed by atoms with Crippen molar-refractivity contribution in [2.75, 3.05) is 7.11 Å². The highest BCUT2D eigenvalue weighted by Crippen LogP contribution is 2.40. The zero-order valence-electron chi connectivity index (χ0n) is 38.4. The highest BCUT2D eigenvalue weighted by molar-refractivity contribution is 6.30. The molecule has 0 aliphatic heterocycles. The average Bonchev–Trinajstić information content (AvgIpc) is 3.35. The summed E-state index contributed by atoms with van der Waals surface area (Å²) in [5.41, 5.74) is 9.08. The van der Waals surface area contributed by atoms with Gasteiger partial charge in [0.1, 0.15) is 5.75 Å². The number of phenols is 1. The summed E-state index contributed by atoms with van der Waals surface area (Å²) in [5, 5.41) is 14.6. The van der Waals surface area contributed by atoms with Gasteiger partial charge in [0.25, 0.3) is 6.47 Å². The Kier molecular flexibility index (Phi) is 19.5. The van der Waals surface area contributed by atoms with E-state index in [1.807, 2.05) is 134 Å². The summed E-state index contributed by atoms with van der Waals surface area (Å²) in [7, 11) is 1.31. The number of nitrogens with one attached hydrogen (secondary N) is 1. The maximum Gasteiger partial charge on any atom is 0.292 e. The van der Waals surface area contributed by atoms with Crippen molar-refractivity contribution in [3.8, 4) is 5.75 Å². The fourth-order valence-corrected chi connectivity index (χ4v) is 8.41.